The normalized spacial score (nSPS) is 11.6. The second-order valence-corrected chi connectivity index (χ2v) is 6.12. The summed E-state index contributed by atoms with van der Waals surface area (Å²) in [6.45, 7) is 7.02. The SMILES string of the molecule is COc1cc(C(=O)NCCC(C)N)cc(Cl)c1OCC(C)C.Cl. The summed E-state index contributed by atoms with van der Waals surface area (Å²) in [5.74, 6) is 1.06. The highest BCUT2D eigenvalue weighted by Gasteiger charge is 2.16. The van der Waals surface area contributed by atoms with Gasteiger partial charge in [0.1, 0.15) is 0 Å². The number of carbonyl (C=O) groups is 1. The Morgan fingerprint density at radius 2 is 2.00 bits per heavy atom. The molecule has 0 aliphatic carbocycles. The zero-order valence-electron chi connectivity index (χ0n) is 14.0. The monoisotopic (exact) mass is 364 g/mol. The van der Waals surface area contributed by atoms with Crippen molar-refractivity contribution in [3.63, 3.8) is 0 Å². The van der Waals surface area contributed by atoms with Crippen molar-refractivity contribution in [1.29, 1.82) is 0 Å². The minimum absolute atomic E-state index is 0. The molecule has 1 amide bonds. The fourth-order valence-electron chi connectivity index (χ4n) is 1.76. The molecule has 0 bridgehead atoms. The summed E-state index contributed by atoms with van der Waals surface area (Å²) in [6, 6.07) is 3.26. The Labute approximate surface area is 149 Å². The van der Waals surface area contributed by atoms with Crippen LogP contribution in [0.2, 0.25) is 5.02 Å². The number of nitrogens with two attached hydrogens (primary N) is 1. The number of nitrogens with one attached hydrogen (secondary N) is 1. The Morgan fingerprint density at radius 1 is 1.35 bits per heavy atom. The van der Waals surface area contributed by atoms with Crippen LogP contribution in [0.3, 0.4) is 0 Å². The third-order valence-corrected chi connectivity index (χ3v) is 3.22. The van der Waals surface area contributed by atoms with E-state index in [1.54, 1.807) is 12.1 Å². The van der Waals surface area contributed by atoms with E-state index in [9.17, 15) is 4.79 Å². The number of ether oxygens (including phenoxy) is 2. The first-order valence-electron chi connectivity index (χ1n) is 7.39. The van der Waals surface area contributed by atoms with Gasteiger partial charge in [0, 0.05) is 18.2 Å². The molecule has 0 spiro atoms. The van der Waals surface area contributed by atoms with Gasteiger partial charge in [-0.15, -0.1) is 12.4 Å². The lowest BCUT2D eigenvalue weighted by Gasteiger charge is -2.15. The first-order chi connectivity index (χ1) is 10.3. The molecule has 0 heterocycles. The van der Waals surface area contributed by atoms with Crippen molar-refractivity contribution < 1.29 is 14.3 Å². The quantitative estimate of drug-likeness (QED) is 0.742. The molecule has 1 atom stereocenters. The number of methoxy groups -OCH3 is 1. The Balaban J connectivity index is 0.00000484. The molecule has 0 aromatic heterocycles. The average Bonchev–Trinajstić information content (AvgIpc) is 2.44. The summed E-state index contributed by atoms with van der Waals surface area (Å²) in [5.41, 5.74) is 6.09. The summed E-state index contributed by atoms with van der Waals surface area (Å²) in [6.07, 6.45) is 0.714. The van der Waals surface area contributed by atoms with E-state index in [1.165, 1.54) is 7.11 Å². The van der Waals surface area contributed by atoms with Crippen LogP contribution in [0.5, 0.6) is 11.5 Å². The number of amides is 1. The van der Waals surface area contributed by atoms with Crippen molar-refractivity contribution in [2.24, 2.45) is 11.7 Å². The second kappa shape index (κ2) is 10.6. The predicted octanol–water partition coefficient (Wildman–Crippen LogP) is 3.27. The largest absolute Gasteiger partial charge is 0.493 e. The van der Waals surface area contributed by atoms with E-state index in [1.807, 2.05) is 20.8 Å². The number of carbonyl (C=O) groups excluding carboxylic acids is 1. The molecule has 1 rings (SSSR count). The summed E-state index contributed by atoms with van der Waals surface area (Å²) in [5, 5.41) is 3.16. The minimum atomic E-state index is -0.212. The average molecular weight is 365 g/mol. The molecule has 7 heteroatoms. The zero-order valence-corrected chi connectivity index (χ0v) is 15.6. The van der Waals surface area contributed by atoms with E-state index >= 15 is 0 Å². The van der Waals surface area contributed by atoms with Crippen LogP contribution >= 0.6 is 24.0 Å². The standard InChI is InChI=1S/C16H25ClN2O3.ClH/c1-10(2)9-22-15-13(17)7-12(8-14(15)21-4)16(20)19-6-5-11(3)18;/h7-8,10-11H,5-6,9,18H2,1-4H3,(H,19,20);1H. The van der Waals surface area contributed by atoms with Gasteiger partial charge in [-0.05, 0) is 31.4 Å². The lowest BCUT2D eigenvalue weighted by atomic mass is 10.1. The summed E-state index contributed by atoms with van der Waals surface area (Å²) in [4.78, 5) is 12.1. The van der Waals surface area contributed by atoms with Gasteiger partial charge in [-0.25, -0.2) is 0 Å². The maximum atomic E-state index is 12.1. The number of benzene rings is 1. The highest BCUT2D eigenvalue weighted by Crippen LogP contribution is 2.36. The molecule has 1 unspecified atom stereocenters. The Bertz CT molecular complexity index is 508. The van der Waals surface area contributed by atoms with Crippen molar-refractivity contribution in [3.8, 4) is 11.5 Å². The molecule has 23 heavy (non-hydrogen) atoms. The van der Waals surface area contributed by atoms with Gasteiger partial charge in [-0.3, -0.25) is 4.79 Å². The van der Waals surface area contributed by atoms with Crippen LogP contribution in [0.25, 0.3) is 0 Å². The van der Waals surface area contributed by atoms with Crippen LogP contribution in [0.1, 0.15) is 37.6 Å². The lowest BCUT2D eigenvalue weighted by Crippen LogP contribution is -2.29. The fourth-order valence-corrected chi connectivity index (χ4v) is 2.02. The van der Waals surface area contributed by atoms with E-state index in [2.05, 4.69) is 5.32 Å². The number of halogens is 2. The van der Waals surface area contributed by atoms with E-state index in [4.69, 9.17) is 26.8 Å². The molecule has 3 N–H and O–H groups in total. The summed E-state index contributed by atoms with van der Waals surface area (Å²) in [7, 11) is 1.52. The molecule has 1 aromatic rings. The number of hydrogen-bond donors (Lipinski definition) is 2. The molecule has 0 saturated heterocycles. The molecule has 0 aliphatic heterocycles. The molecular weight excluding hydrogens is 339 g/mol. The molecule has 132 valence electrons. The van der Waals surface area contributed by atoms with Gasteiger partial charge < -0.3 is 20.5 Å². The lowest BCUT2D eigenvalue weighted by molar-refractivity contribution is 0.0952. The molecule has 0 aliphatic rings. The highest BCUT2D eigenvalue weighted by atomic mass is 35.5. The summed E-state index contributed by atoms with van der Waals surface area (Å²) >= 11 is 6.22. The van der Waals surface area contributed by atoms with Crippen LogP contribution in [0, 0.1) is 5.92 Å². The number of rotatable bonds is 8. The van der Waals surface area contributed by atoms with Gasteiger partial charge in [-0.2, -0.15) is 0 Å². The van der Waals surface area contributed by atoms with Crippen LogP contribution < -0.4 is 20.5 Å². The van der Waals surface area contributed by atoms with Crippen molar-refractivity contribution in [2.75, 3.05) is 20.3 Å². The molecule has 0 fully saturated rings. The van der Waals surface area contributed by atoms with E-state index < -0.39 is 0 Å². The van der Waals surface area contributed by atoms with Gasteiger partial charge in [0.2, 0.25) is 0 Å². The third kappa shape index (κ3) is 7.29. The summed E-state index contributed by atoms with van der Waals surface area (Å²) < 4.78 is 10.9. The van der Waals surface area contributed by atoms with Gasteiger partial charge in [0.05, 0.1) is 18.7 Å². The molecule has 1 aromatic carbocycles. The van der Waals surface area contributed by atoms with Crippen molar-refractivity contribution in [3.05, 3.63) is 22.7 Å². The van der Waals surface area contributed by atoms with Gasteiger partial charge in [0.15, 0.2) is 11.5 Å². The highest BCUT2D eigenvalue weighted by molar-refractivity contribution is 6.32. The van der Waals surface area contributed by atoms with Crippen LogP contribution in [-0.4, -0.2) is 32.2 Å². The minimum Gasteiger partial charge on any atom is -0.493 e. The topological polar surface area (TPSA) is 73.6 Å². The van der Waals surface area contributed by atoms with E-state index in [-0.39, 0.29) is 24.4 Å². The van der Waals surface area contributed by atoms with E-state index in [0.717, 1.165) is 0 Å². The first kappa shape index (κ1) is 21.8. The third-order valence-electron chi connectivity index (χ3n) is 2.94. The van der Waals surface area contributed by atoms with Crippen LogP contribution in [0.4, 0.5) is 0 Å². The van der Waals surface area contributed by atoms with E-state index in [0.29, 0.717) is 47.6 Å². The smallest absolute Gasteiger partial charge is 0.251 e. The molecule has 0 radical (unpaired) electrons. The van der Waals surface area contributed by atoms with Crippen LogP contribution in [0.15, 0.2) is 12.1 Å². The molecular formula is C16H26Cl2N2O3. The Hall–Kier alpha value is -1.17. The Kier molecular flexibility index (Phi) is 10.0. The predicted molar refractivity (Wildman–Crippen MR) is 96.2 cm³/mol. The maximum Gasteiger partial charge on any atom is 0.251 e. The van der Waals surface area contributed by atoms with Gasteiger partial charge >= 0.3 is 0 Å². The van der Waals surface area contributed by atoms with Gasteiger partial charge in [-0.1, -0.05) is 25.4 Å². The van der Waals surface area contributed by atoms with Gasteiger partial charge in [0.25, 0.3) is 5.91 Å². The first-order valence-corrected chi connectivity index (χ1v) is 7.77. The maximum absolute atomic E-state index is 12.1. The van der Waals surface area contributed by atoms with Crippen molar-refractivity contribution in [1.82, 2.24) is 5.32 Å². The van der Waals surface area contributed by atoms with Crippen LogP contribution in [-0.2, 0) is 0 Å². The Morgan fingerprint density at radius 3 is 2.52 bits per heavy atom. The van der Waals surface area contributed by atoms with Crippen molar-refractivity contribution >= 4 is 29.9 Å². The fraction of sp³-hybridized carbons (Fsp3) is 0.562. The molecule has 5 nitrogen and oxygen atoms in total. The second-order valence-electron chi connectivity index (χ2n) is 5.72. The molecule has 0 saturated carbocycles. The zero-order chi connectivity index (χ0) is 16.7. The van der Waals surface area contributed by atoms with Crippen molar-refractivity contribution in [2.45, 2.75) is 33.2 Å². The number of hydrogen-bond acceptors (Lipinski definition) is 4.